The van der Waals surface area contributed by atoms with Gasteiger partial charge in [-0.1, -0.05) is 0 Å². The fraction of sp³-hybridized carbons (Fsp3) is 0.400. The van der Waals surface area contributed by atoms with Gasteiger partial charge in [-0.15, -0.1) is 0 Å². The first-order valence-corrected chi connectivity index (χ1v) is 6.67. The van der Waals surface area contributed by atoms with Gasteiger partial charge in [0.25, 0.3) is 0 Å². The number of pyridine rings is 1. The molecule has 0 saturated heterocycles. The number of aryl methyl sites for hydroxylation is 1. The number of nitrogen functional groups attached to an aromatic ring is 1. The molecule has 0 spiro atoms. The summed E-state index contributed by atoms with van der Waals surface area (Å²) in [5, 5.41) is 0.638. The van der Waals surface area contributed by atoms with E-state index < -0.39 is 12.7 Å². The lowest BCUT2D eigenvalue weighted by Crippen LogP contribution is -2.39. The Hall–Kier alpha value is -1.98. The van der Waals surface area contributed by atoms with E-state index in [4.69, 9.17) is 5.73 Å². The molecule has 2 aromatic rings. The second kappa shape index (κ2) is 5.42. The van der Waals surface area contributed by atoms with Crippen LogP contribution in [0.4, 0.5) is 24.5 Å². The molecular formula is C15H18F3N3. The van der Waals surface area contributed by atoms with Crippen molar-refractivity contribution in [3.8, 4) is 0 Å². The van der Waals surface area contributed by atoms with Gasteiger partial charge >= 0.3 is 6.18 Å². The lowest BCUT2D eigenvalue weighted by molar-refractivity contribution is -0.120. The van der Waals surface area contributed by atoms with Gasteiger partial charge in [-0.3, -0.25) is 4.98 Å². The molecule has 0 atom stereocenters. The number of hydrogen-bond donors (Lipinski definition) is 1. The van der Waals surface area contributed by atoms with Gasteiger partial charge in [0.1, 0.15) is 6.54 Å². The minimum Gasteiger partial charge on any atom is -0.399 e. The highest BCUT2D eigenvalue weighted by molar-refractivity contribution is 5.94. The van der Waals surface area contributed by atoms with Gasteiger partial charge in [-0.25, -0.2) is 0 Å². The van der Waals surface area contributed by atoms with E-state index >= 15 is 0 Å². The molecule has 3 nitrogen and oxygen atoms in total. The molecule has 0 amide bonds. The number of aromatic nitrogens is 1. The molecule has 0 fully saturated rings. The van der Waals surface area contributed by atoms with Crippen LogP contribution in [0.25, 0.3) is 10.9 Å². The van der Waals surface area contributed by atoms with Crippen LogP contribution < -0.4 is 10.6 Å². The Morgan fingerprint density at radius 2 is 1.90 bits per heavy atom. The number of hydrogen-bond acceptors (Lipinski definition) is 3. The number of halogens is 3. The summed E-state index contributed by atoms with van der Waals surface area (Å²) in [6.45, 7) is 4.24. The fourth-order valence-electron chi connectivity index (χ4n) is 2.33. The van der Waals surface area contributed by atoms with E-state index in [1.54, 1.807) is 45.0 Å². The largest absolute Gasteiger partial charge is 0.405 e. The van der Waals surface area contributed by atoms with Crippen LogP contribution in [0.1, 0.15) is 19.5 Å². The van der Waals surface area contributed by atoms with Crippen LogP contribution >= 0.6 is 0 Å². The van der Waals surface area contributed by atoms with E-state index in [-0.39, 0.29) is 6.04 Å². The lowest BCUT2D eigenvalue weighted by Gasteiger charge is -2.31. The minimum atomic E-state index is -4.27. The quantitative estimate of drug-likeness (QED) is 0.874. The number of fused-ring (bicyclic) bond motifs is 1. The van der Waals surface area contributed by atoms with Crippen molar-refractivity contribution < 1.29 is 13.2 Å². The first kappa shape index (κ1) is 15.4. The van der Waals surface area contributed by atoms with E-state index in [0.717, 1.165) is 0 Å². The molecule has 0 aliphatic heterocycles. The van der Waals surface area contributed by atoms with Crippen LogP contribution in [0.15, 0.2) is 24.3 Å². The maximum Gasteiger partial charge on any atom is 0.405 e. The first-order chi connectivity index (χ1) is 9.67. The molecule has 1 heterocycles. The van der Waals surface area contributed by atoms with Gasteiger partial charge in [-0.2, -0.15) is 13.2 Å². The van der Waals surface area contributed by atoms with Gasteiger partial charge in [0.15, 0.2) is 0 Å². The molecule has 0 radical (unpaired) electrons. The van der Waals surface area contributed by atoms with Crippen LogP contribution in [0.2, 0.25) is 0 Å². The maximum atomic E-state index is 12.8. The molecule has 114 valence electrons. The van der Waals surface area contributed by atoms with Gasteiger partial charge in [0.05, 0.1) is 5.52 Å². The molecule has 2 rings (SSSR count). The minimum absolute atomic E-state index is 0.293. The average Bonchev–Trinajstić information content (AvgIpc) is 2.34. The molecule has 0 bridgehead atoms. The highest BCUT2D eigenvalue weighted by atomic mass is 19.4. The van der Waals surface area contributed by atoms with Crippen molar-refractivity contribution in [3.63, 3.8) is 0 Å². The topological polar surface area (TPSA) is 42.1 Å². The van der Waals surface area contributed by atoms with E-state index in [9.17, 15) is 13.2 Å². The number of alkyl halides is 3. The molecule has 21 heavy (non-hydrogen) atoms. The molecule has 1 aromatic carbocycles. The number of anilines is 2. The predicted molar refractivity (Wildman–Crippen MR) is 79.4 cm³/mol. The van der Waals surface area contributed by atoms with Crippen molar-refractivity contribution in [1.29, 1.82) is 0 Å². The monoisotopic (exact) mass is 297 g/mol. The standard InChI is InChI=1S/C15H18F3N3/c1-9(2)21(8-15(16,17)18)14-6-10(3)20-13-5-4-11(19)7-12(13)14/h4-7,9H,8,19H2,1-3H3. The summed E-state index contributed by atoms with van der Waals surface area (Å²) in [5.74, 6) is 0. The zero-order valence-electron chi connectivity index (χ0n) is 12.2. The van der Waals surface area contributed by atoms with E-state index in [1.807, 2.05) is 0 Å². The van der Waals surface area contributed by atoms with Crippen molar-refractivity contribution in [3.05, 3.63) is 30.0 Å². The molecule has 0 unspecified atom stereocenters. The Balaban J connectivity index is 2.63. The molecule has 0 saturated carbocycles. The summed E-state index contributed by atoms with van der Waals surface area (Å²) in [5.41, 5.74) is 8.10. The Bertz CT molecular complexity index is 650. The Labute approximate surface area is 121 Å². The van der Waals surface area contributed by atoms with Gasteiger partial charge in [0, 0.05) is 28.5 Å². The second-order valence-corrected chi connectivity index (χ2v) is 5.40. The number of nitrogens with zero attached hydrogens (tertiary/aromatic N) is 2. The average molecular weight is 297 g/mol. The van der Waals surface area contributed by atoms with Crippen LogP contribution in [0, 0.1) is 6.92 Å². The van der Waals surface area contributed by atoms with Crippen molar-refractivity contribution in [2.45, 2.75) is 33.0 Å². The summed E-state index contributed by atoms with van der Waals surface area (Å²) >= 11 is 0. The Morgan fingerprint density at radius 3 is 2.48 bits per heavy atom. The number of nitrogens with two attached hydrogens (primary N) is 1. The predicted octanol–water partition coefficient (Wildman–Crippen LogP) is 3.90. The van der Waals surface area contributed by atoms with Crippen molar-refractivity contribution in [1.82, 2.24) is 4.98 Å². The van der Waals surface area contributed by atoms with Crippen molar-refractivity contribution in [2.24, 2.45) is 0 Å². The summed E-state index contributed by atoms with van der Waals surface area (Å²) in [6.07, 6.45) is -4.27. The number of benzene rings is 1. The van der Waals surface area contributed by atoms with Gasteiger partial charge in [0.2, 0.25) is 0 Å². The molecular weight excluding hydrogens is 279 g/mol. The third-order valence-corrected chi connectivity index (χ3v) is 3.22. The smallest absolute Gasteiger partial charge is 0.399 e. The van der Waals surface area contributed by atoms with Crippen LogP contribution in [-0.4, -0.2) is 23.7 Å². The lowest BCUT2D eigenvalue weighted by atomic mass is 10.1. The van der Waals surface area contributed by atoms with E-state index in [1.165, 1.54) is 4.90 Å². The molecule has 0 aliphatic carbocycles. The maximum absolute atomic E-state index is 12.8. The van der Waals surface area contributed by atoms with Crippen LogP contribution in [0.3, 0.4) is 0 Å². The van der Waals surface area contributed by atoms with Gasteiger partial charge in [-0.05, 0) is 45.0 Å². The summed E-state index contributed by atoms with van der Waals surface area (Å²) < 4.78 is 38.5. The zero-order chi connectivity index (χ0) is 15.8. The summed E-state index contributed by atoms with van der Waals surface area (Å²) in [6, 6.07) is 6.48. The Morgan fingerprint density at radius 1 is 1.24 bits per heavy atom. The van der Waals surface area contributed by atoms with Gasteiger partial charge < -0.3 is 10.6 Å². The molecule has 2 N–H and O–H groups in total. The first-order valence-electron chi connectivity index (χ1n) is 6.67. The summed E-state index contributed by atoms with van der Waals surface area (Å²) in [4.78, 5) is 5.68. The van der Waals surface area contributed by atoms with Crippen molar-refractivity contribution in [2.75, 3.05) is 17.2 Å². The SMILES string of the molecule is Cc1cc(N(CC(F)(F)F)C(C)C)c2cc(N)ccc2n1. The summed E-state index contributed by atoms with van der Waals surface area (Å²) in [7, 11) is 0. The highest BCUT2D eigenvalue weighted by Gasteiger charge is 2.32. The zero-order valence-corrected chi connectivity index (χ0v) is 12.2. The molecule has 1 aromatic heterocycles. The van der Waals surface area contributed by atoms with E-state index in [0.29, 0.717) is 28.0 Å². The third kappa shape index (κ3) is 3.56. The van der Waals surface area contributed by atoms with E-state index in [2.05, 4.69) is 4.98 Å². The van der Waals surface area contributed by atoms with Crippen molar-refractivity contribution >= 4 is 22.3 Å². The fourth-order valence-corrected chi connectivity index (χ4v) is 2.33. The van der Waals surface area contributed by atoms with Crippen LogP contribution in [0.5, 0.6) is 0 Å². The Kier molecular flexibility index (Phi) is 3.98. The third-order valence-electron chi connectivity index (χ3n) is 3.22. The number of rotatable bonds is 3. The van der Waals surface area contributed by atoms with Crippen LogP contribution in [-0.2, 0) is 0 Å². The second-order valence-electron chi connectivity index (χ2n) is 5.40. The molecule has 6 heteroatoms. The normalized spacial score (nSPS) is 12.1. The molecule has 0 aliphatic rings. The highest BCUT2D eigenvalue weighted by Crippen LogP contribution is 2.32.